The maximum Gasteiger partial charge on any atom is 0.347 e. The summed E-state index contributed by atoms with van der Waals surface area (Å²) >= 11 is 6.35. The van der Waals surface area contributed by atoms with Crippen molar-refractivity contribution in [1.29, 1.82) is 0 Å². The van der Waals surface area contributed by atoms with Gasteiger partial charge in [-0.3, -0.25) is 0 Å². The van der Waals surface area contributed by atoms with Gasteiger partial charge in [0.1, 0.15) is 16.5 Å². The number of carbonyl (C=O) groups excluding carboxylic acids is 1. The van der Waals surface area contributed by atoms with Crippen LogP contribution in [0, 0.1) is 0 Å². The topological polar surface area (TPSA) is 70.5 Å². The van der Waals surface area contributed by atoms with E-state index in [1.807, 2.05) is 24.3 Å². The second-order valence-electron chi connectivity index (χ2n) is 5.42. The average Bonchev–Trinajstić information content (AvgIpc) is 2.66. The molecule has 1 unspecified atom stereocenters. The third kappa shape index (κ3) is 4.03. The fourth-order valence-corrected chi connectivity index (χ4v) is 2.52. The molecule has 1 atom stereocenters. The summed E-state index contributed by atoms with van der Waals surface area (Å²) in [6.45, 7) is 3.69. The lowest BCUT2D eigenvalue weighted by atomic mass is 10.2. The first-order valence-electron chi connectivity index (χ1n) is 8.10. The lowest BCUT2D eigenvalue weighted by molar-refractivity contribution is -0.150. The van der Waals surface area contributed by atoms with Crippen molar-refractivity contribution in [3.63, 3.8) is 0 Å². The summed E-state index contributed by atoms with van der Waals surface area (Å²) in [5, 5.41) is 9.28. The summed E-state index contributed by atoms with van der Waals surface area (Å²) in [5.74, 6) is 0.853. The van der Waals surface area contributed by atoms with Gasteiger partial charge in [-0.05, 0) is 44.2 Å². The van der Waals surface area contributed by atoms with Crippen LogP contribution in [0.15, 0.2) is 48.5 Å². The van der Waals surface area contributed by atoms with Gasteiger partial charge in [-0.25, -0.2) is 4.79 Å². The number of hydrogen-bond donors (Lipinski definition) is 0. The molecule has 1 heterocycles. The number of hydrogen-bond acceptors (Lipinski definition) is 6. The number of nitrogens with zero attached hydrogens (tertiary/aromatic N) is 2. The van der Waals surface area contributed by atoms with E-state index in [0.717, 1.165) is 5.39 Å². The molecule has 0 amide bonds. The van der Waals surface area contributed by atoms with Gasteiger partial charge >= 0.3 is 5.97 Å². The highest BCUT2D eigenvalue weighted by Gasteiger charge is 2.16. The molecule has 0 saturated heterocycles. The number of carbonyl (C=O) groups is 1. The number of fused-ring (bicyclic) bond motifs is 1. The first kappa shape index (κ1) is 17.9. The van der Waals surface area contributed by atoms with Crippen molar-refractivity contribution < 1.29 is 19.0 Å². The quantitative estimate of drug-likeness (QED) is 0.597. The van der Waals surface area contributed by atoms with Crippen molar-refractivity contribution in [3.05, 3.63) is 53.6 Å². The van der Waals surface area contributed by atoms with Gasteiger partial charge < -0.3 is 14.2 Å². The first-order valence-corrected chi connectivity index (χ1v) is 8.48. The van der Waals surface area contributed by atoms with E-state index in [0.29, 0.717) is 28.6 Å². The van der Waals surface area contributed by atoms with Crippen LogP contribution in [-0.2, 0) is 9.53 Å². The predicted molar refractivity (Wildman–Crippen MR) is 97.8 cm³/mol. The van der Waals surface area contributed by atoms with Crippen molar-refractivity contribution in [3.8, 4) is 17.4 Å². The monoisotopic (exact) mass is 372 g/mol. The molecule has 3 rings (SSSR count). The lowest BCUT2D eigenvalue weighted by Crippen LogP contribution is -2.25. The van der Waals surface area contributed by atoms with Gasteiger partial charge in [-0.15, -0.1) is 10.2 Å². The van der Waals surface area contributed by atoms with Crippen molar-refractivity contribution in [2.45, 2.75) is 20.0 Å². The Kier molecular flexibility index (Phi) is 5.53. The third-order valence-corrected chi connectivity index (χ3v) is 3.91. The van der Waals surface area contributed by atoms with Gasteiger partial charge in [0.05, 0.1) is 12.1 Å². The summed E-state index contributed by atoms with van der Waals surface area (Å²) in [5.41, 5.74) is 0.696. The van der Waals surface area contributed by atoms with Gasteiger partial charge in [0, 0.05) is 5.39 Å². The second-order valence-corrected chi connectivity index (χ2v) is 5.80. The maximum atomic E-state index is 11.6. The molecule has 6 nitrogen and oxygen atoms in total. The molecule has 0 fully saturated rings. The molecule has 134 valence electrons. The van der Waals surface area contributed by atoms with E-state index >= 15 is 0 Å². The molecule has 0 spiro atoms. The van der Waals surface area contributed by atoms with Crippen LogP contribution in [0.1, 0.15) is 13.8 Å². The van der Waals surface area contributed by atoms with Crippen molar-refractivity contribution in [1.82, 2.24) is 10.2 Å². The van der Waals surface area contributed by atoms with Crippen LogP contribution in [0.25, 0.3) is 10.9 Å². The van der Waals surface area contributed by atoms with Crippen LogP contribution in [0.4, 0.5) is 0 Å². The van der Waals surface area contributed by atoms with E-state index in [4.69, 9.17) is 25.8 Å². The minimum atomic E-state index is -0.692. The number of aromatic nitrogens is 2. The van der Waals surface area contributed by atoms with Crippen molar-refractivity contribution in [2.75, 3.05) is 6.61 Å². The molecule has 26 heavy (non-hydrogen) atoms. The van der Waals surface area contributed by atoms with Crippen molar-refractivity contribution >= 4 is 28.5 Å². The Hall–Kier alpha value is -2.86. The lowest BCUT2D eigenvalue weighted by Gasteiger charge is -2.13. The van der Waals surface area contributed by atoms with E-state index in [9.17, 15) is 4.79 Å². The largest absolute Gasteiger partial charge is 0.479 e. The average molecular weight is 373 g/mol. The fourth-order valence-electron chi connectivity index (χ4n) is 2.28. The Morgan fingerprint density at radius 1 is 1.08 bits per heavy atom. The SMILES string of the molecule is CCOC(=O)C(C)Oc1ccc(Oc2nnc3ccccc3c2Cl)cc1. The summed E-state index contributed by atoms with van der Waals surface area (Å²) in [6.07, 6.45) is -0.692. The Morgan fingerprint density at radius 3 is 2.50 bits per heavy atom. The molecular formula is C19H17ClN2O4. The molecule has 0 saturated carbocycles. The Bertz CT molecular complexity index is 915. The molecule has 1 aromatic heterocycles. The number of benzene rings is 2. The van der Waals surface area contributed by atoms with Gasteiger partial charge in [0.2, 0.25) is 0 Å². The highest BCUT2D eigenvalue weighted by atomic mass is 35.5. The minimum absolute atomic E-state index is 0.221. The third-order valence-electron chi connectivity index (χ3n) is 3.55. The highest BCUT2D eigenvalue weighted by Crippen LogP contribution is 2.32. The van der Waals surface area contributed by atoms with Crippen LogP contribution < -0.4 is 9.47 Å². The molecule has 2 aromatic carbocycles. The summed E-state index contributed by atoms with van der Waals surface area (Å²) in [7, 11) is 0. The van der Waals surface area contributed by atoms with Crippen LogP contribution in [0.5, 0.6) is 17.4 Å². The Labute approximate surface area is 155 Å². The number of ether oxygens (including phenoxy) is 3. The minimum Gasteiger partial charge on any atom is -0.479 e. The zero-order chi connectivity index (χ0) is 18.5. The molecule has 0 aliphatic rings. The van der Waals surface area contributed by atoms with Gasteiger partial charge in [-0.2, -0.15) is 0 Å². The molecule has 0 aliphatic carbocycles. The zero-order valence-corrected chi connectivity index (χ0v) is 15.1. The summed E-state index contributed by atoms with van der Waals surface area (Å²) < 4.78 is 16.2. The number of rotatable bonds is 6. The van der Waals surface area contributed by atoms with Crippen LogP contribution >= 0.6 is 11.6 Å². The fraction of sp³-hybridized carbons (Fsp3) is 0.211. The van der Waals surface area contributed by atoms with Gasteiger partial charge in [0.15, 0.2) is 6.10 Å². The molecule has 3 aromatic rings. The molecule has 0 bridgehead atoms. The normalized spacial score (nSPS) is 11.8. The maximum absolute atomic E-state index is 11.6. The van der Waals surface area contributed by atoms with Gasteiger partial charge in [-0.1, -0.05) is 29.8 Å². The smallest absolute Gasteiger partial charge is 0.347 e. The predicted octanol–water partition coefficient (Wildman–Crippen LogP) is 4.41. The molecule has 0 N–H and O–H groups in total. The standard InChI is InChI=1S/C19H17ClN2O4/c1-3-24-19(23)12(2)25-13-8-10-14(11-9-13)26-18-17(20)15-6-4-5-7-16(15)21-22-18/h4-12H,3H2,1-2H3. The molecule has 7 heteroatoms. The molecular weight excluding hydrogens is 356 g/mol. The summed E-state index contributed by atoms with van der Waals surface area (Å²) in [4.78, 5) is 11.6. The van der Waals surface area contributed by atoms with E-state index < -0.39 is 12.1 Å². The van der Waals surface area contributed by atoms with Gasteiger partial charge in [0.25, 0.3) is 5.88 Å². The van der Waals surface area contributed by atoms with E-state index in [1.54, 1.807) is 38.1 Å². The zero-order valence-electron chi connectivity index (χ0n) is 14.3. The molecule has 0 radical (unpaired) electrons. The van der Waals surface area contributed by atoms with E-state index in [-0.39, 0.29) is 5.88 Å². The van der Waals surface area contributed by atoms with Crippen LogP contribution in [0.2, 0.25) is 5.02 Å². The van der Waals surface area contributed by atoms with Crippen LogP contribution in [-0.4, -0.2) is 28.9 Å². The van der Waals surface area contributed by atoms with Crippen molar-refractivity contribution in [2.24, 2.45) is 0 Å². The first-order chi connectivity index (χ1) is 12.6. The summed E-state index contributed by atoms with van der Waals surface area (Å²) in [6, 6.07) is 14.2. The highest BCUT2D eigenvalue weighted by molar-refractivity contribution is 6.36. The number of esters is 1. The van der Waals surface area contributed by atoms with E-state index in [2.05, 4.69) is 10.2 Å². The Morgan fingerprint density at radius 2 is 1.77 bits per heavy atom. The van der Waals surface area contributed by atoms with Crippen LogP contribution in [0.3, 0.4) is 0 Å². The van der Waals surface area contributed by atoms with E-state index in [1.165, 1.54) is 0 Å². The molecule has 0 aliphatic heterocycles. The number of halogens is 1. The Balaban J connectivity index is 1.72. The second kappa shape index (κ2) is 8.01.